The number of ether oxygens (including phenoxy) is 2. The fourth-order valence-electron chi connectivity index (χ4n) is 2.06. The van der Waals surface area contributed by atoms with Crippen LogP contribution in [0, 0.1) is 11.3 Å². The number of carboxylic acids is 1. The molecule has 0 bridgehead atoms. The summed E-state index contributed by atoms with van der Waals surface area (Å²) < 4.78 is 10.0. The summed E-state index contributed by atoms with van der Waals surface area (Å²) in [7, 11) is 3.67. The normalized spacial score (nSPS) is 14.4. The number of carbonyl (C=O) groups is 3. The van der Waals surface area contributed by atoms with Gasteiger partial charge >= 0.3 is 17.9 Å². The van der Waals surface area contributed by atoms with Crippen LogP contribution in [0.4, 0.5) is 0 Å². The molecule has 2 unspecified atom stereocenters. The van der Waals surface area contributed by atoms with E-state index in [0.717, 1.165) is 0 Å². The second-order valence-electron chi connectivity index (χ2n) is 5.79. The fraction of sp³-hybridized carbons (Fsp3) is 0.786. The van der Waals surface area contributed by atoms with Crippen LogP contribution in [0.1, 0.15) is 27.7 Å². The van der Waals surface area contributed by atoms with Crippen LogP contribution in [0.3, 0.4) is 0 Å². The van der Waals surface area contributed by atoms with Crippen molar-refractivity contribution >= 4 is 17.9 Å². The summed E-state index contributed by atoms with van der Waals surface area (Å²) >= 11 is 0. The average molecular weight is 303 g/mol. The molecule has 0 heterocycles. The van der Waals surface area contributed by atoms with Gasteiger partial charge in [-0.1, -0.05) is 0 Å². The zero-order valence-corrected chi connectivity index (χ0v) is 13.5. The van der Waals surface area contributed by atoms with Crippen LogP contribution in [-0.4, -0.2) is 61.3 Å². The maximum atomic E-state index is 12.1. The highest BCUT2D eigenvalue weighted by molar-refractivity contribution is 5.84. The summed E-state index contributed by atoms with van der Waals surface area (Å²) in [4.78, 5) is 36.4. The smallest absolute Gasteiger partial charge is 0.312 e. The number of esters is 2. The van der Waals surface area contributed by atoms with E-state index in [4.69, 9.17) is 9.47 Å². The zero-order valence-electron chi connectivity index (χ0n) is 13.5. The van der Waals surface area contributed by atoms with Gasteiger partial charge < -0.3 is 19.5 Å². The molecule has 0 fully saturated rings. The lowest BCUT2D eigenvalue weighted by atomic mass is 9.76. The molecule has 0 rings (SSSR count). The van der Waals surface area contributed by atoms with E-state index in [1.807, 2.05) is 19.0 Å². The van der Waals surface area contributed by atoms with Gasteiger partial charge in [0.2, 0.25) is 0 Å². The average Bonchev–Trinajstić information content (AvgIpc) is 2.25. The Morgan fingerprint density at radius 2 is 1.76 bits per heavy atom. The Kier molecular flexibility index (Phi) is 7.35. The van der Waals surface area contributed by atoms with E-state index < -0.39 is 35.3 Å². The topological polar surface area (TPSA) is 93.1 Å². The summed E-state index contributed by atoms with van der Waals surface area (Å²) in [5.41, 5.74) is -1.31. The van der Waals surface area contributed by atoms with Crippen LogP contribution >= 0.6 is 0 Å². The lowest BCUT2D eigenvalue weighted by Gasteiger charge is -2.32. The Morgan fingerprint density at radius 3 is 2.14 bits per heavy atom. The molecule has 21 heavy (non-hydrogen) atoms. The molecule has 7 heteroatoms. The van der Waals surface area contributed by atoms with Gasteiger partial charge in [-0.15, -0.1) is 0 Å². The number of carboxylic acid groups (broad SMARTS) is 1. The minimum atomic E-state index is -1.31. The first-order valence-electron chi connectivity index (χ1n) is 6.72. The molecule has 0 saturated heterocycles. The van der Waals surface area contributed by atoms with Crippen molar-refractivity contribution in [1.29, 1.82) is 0 Å². The molecule has 0 radical (unpaired) electrons. The lowest BCUT2D eigenvalue weighted by Crippen LogP contribution is -2.46. The molecular formula is C14H25NO6. The number of likely N-dealkylation sites (N-methyl/N-ethyl adjacent to an activating group) is 1. The van der Waals surface area contributed by atoms with Gasteiger partial charge in [-0.3, -0.25) is 14.4 Å². The number of aliphatic carboxylic acids is 1. The highest BCUT2D eigenvalue weighted by atomic mass is 16.5. The number of hydrogen-bond donors (Lipinski definition) is 1. The SMILES string of the molecule is CC(=O)OC(C)C(C(=O)O)C(C)(C)C(=O)OCCN(C)C. The van der Waals surface area contributed by atoms with Gasteiger partial charge in [-0.05, 0) is 34.9 Å². The molecular weight excluding hydrogens is 278 g/mol. The van der Waals surface area contributed by atoms with Crippen molar-refractivity contribution in [3.63, 3.8) is 0 Å². The number of hydrogen-bond acceptors (Lipinski definition) is 6. The molecule has 0 aromatic carbocycles. The van der Waals surface area contributed by atoms with Crippen molar-refractivity contribution in [2.24, 2.45) is 11.3 Å². The zero-order chi connectivity index (χ0) is 16.8. The van der Waals surface area contributed by atoms with Gasteiger partial charge in [-0.25, -0.2) is 0 Å². The van der Waals surface area contributed by atoms with E-state index in [1.165, 1.54) is 27.7 Å². The predicted octanol–water partition coefficient (Wildman–Crippen LogP) is 0.770. The van der Waals surface area contributed by atoms with E-state index in [-0.39, 0.29) is 6.61 Å². The first kappa shape index (κ1) is 19.4. The van der Waals surface area contributed by atoms with Crippen molar-refractivity contribution in [2.45, 2.75) is 33.8 Å². The Bertz CT molecular complexity index is 391. The quantitative estimate of drug-likeness (QED) is 0.662. The predicted molar refractivity (Wildman–Crippen MR) is 75.6 cm³/mol. The Morgan fingerprint density at radius 1 is 1.24 bits per heavy atom. The van der Waals surface area contributed by atoms with Gasteiger partial charge in [0.1, 0.15) is 18.6 Å². The third-order valence-electron chi connectivity index (χ3n) is 3.16. The number of nitrogens with zero attached hydrogens (tertiary/aromatic N) is 1. The molecule has 1 N–H and O–H groups in total. The highest BCUT2D eigenvalue weighted by Gasteiger charge is 2.47. The summed E-state index contributed by atoms with van der Waals surface area (Å²) in [5, 5.41) is 9.35. The molecule has 0 aromatic rings. The van der Waals surface area contributed by atoms with E-state index in [2.05, 4.69) is 0 Å². The Hall–Kier alpha value is -1.63. The summed E-state index contributed by atoms with van der Waals surface area (Å²) in [6, 6.07) is 0. The van der Waals surface area contributed by atoms with Gasteiger partial charge in [0.15, 0.2) is 0 Å². The highest BCUT2D eigenvalue weighted by Crippen LogP contribution is 2.32. The van der Waals surface area contributed by atoms with Crippen molar-refractivity contribution in [1.82, 2.24) is 4.90 Å². The van der Waals surface area contributed by atoms with Gasteiger partial charge in [-0.2, -0.15) is 0 Å². The maximum Gasteiger partial charge on any atom is 0.312 e. The van der Waals surface area contributed by atoms with E-state index in [9.17, 15) is 19.5 Å². The standard InChI is InChI=1S/C14H25NO6/c1-9(21-10(2)16)11(12(17)18)14(3,4)13(19)20-8-7-15(5)6/h9,11H,7-8H2,1-6H3,(H,17,18). The second kappa shape index (κ2) is 7.97. The van der Waals surface area contributed by atoms with Gasteiger partial charge in [0.25, 0.3) is 0 Å². The number of carbonyl (C=O) groups excluding carboxylic acids is 2. The Labute approximate surface area is 125 Å². The first-order chi connectivity index (χ1) is 9.50. The summed E-state index contributed by atoms with van der Waals surface area (Å²) in [6.45, 7) is 6.31. The van der Waals surface area contributed by atoms with Crippen molar-refractivity contribution in [2.75, 3.05) is 27.2 Å². The molecule has 122 valence electrons. The molecule has 0 amide bonds. The van der Waals surface area contributed by atoms with Gasteiger partial charge in [0.05, 0.1) is 5.41 Å². The van der Waals surface area contributed by atoms with Crippen LogP contribution < -0.4 is 0 Å². The minimum absolute atomic E-state index is 0.170. The van der Waals surface area contributed by atoms with Crippen LogP contribution in [0.2, 0.25) is 0 Å². The third-order valence-corrected chi connectivity index (χ3v) is 3.16. The van der Waals surface area contributed by atoms with Crippen molar-refractivity contribution in [3.05, 3.63) is 0 Å². The lowest BCUT2D eigenvalue weighted by molar-refractivity contribution is -0.175. The summed E-state index contributed by atoms with van der Waals surface area (Å²) in [5.74, 6) is -3.62. The first-order valence-corrected chi connectivity index (χ1v) is 6.72. The minimum Gasteiger partial charge on any atom is -0.481 e. The largest absolute Gasteiger partial charge is 0.481 e. The van der Waals surface area contributed by atoms with Gasteiger partial charge in [0, 0.05) is 13.5 Å². The molecule has 0 saturated carbocycles. The van der Waals surface area contributed by atoms with Crippen molar-refractivity contribution < 1.29 is 29.0 Å². The molecule has 0 aliphatic heterocycles. The Balaban J connectivity index is 4.97. The van der Waals surface area contributed by atoms with Crippen LogP contribution in [0.15, 0.2) is 0 Å². The third kappa shape index (κ3) is 6.12. The monoisotopic (exact) mass is 303 g/mol. The molecule has 7 nitrogen and oxygen atoms in total. The molecule has 0 aromatic heterocycles. The van der Waals surface area contributed by atoms with E-state index in [0.29, 0.717) is 6.54 Å². The second-order valence-corrected chi connectivity index (χ2v) is 5.79. The van der Waals surface area contributed by atoms with Crippen LogP contribution in [-0.2, 0) is 23.9 Å². The van der Waals surface area contributed by atoms with E-state index in [1.54, 1.807) is 0 Å². The molecule has 0 aliphatic carbocycles. The number of rotatable bonds is 8. The fourth-order valence-corrected chi connectivity index (χ4v) is 2.06. The van der Waals surface area contributed by atoms with Crippen LogP contribution in [0.5, 0.6) is 0 Å². The summed E-state index contributed by atoms with van der Waals surface area (Å²) in [6.07, 6.45) is -0.934. The van der Waals surface area contributed by atoms with E-state index >= 15 is 0 Å². The molecule has 0 aliphatic rings. The van der Waals surface area contributed by atoms with Crippen LogP contribution in [0.25, 0.3) is 0 Å². The molecule has 0 spiro atoms. The van der Waals surface area contributed by atoms with Crippen molar-refractivity contribution in [3.8, 4) is 0 Å². The molecule has 2 atom stereocenters. The maximum absolute atomic E-state index is 12.1.